The fourth-order valence-electron chi connectivity index (χ4n) is 3.67. The molecule has 154 valence electrons. The zero-order valence-corrected chi connectivity index (χ0v) is 18.7. The van der Waals surface area contributed by atoms with Gasteiger partial charge in [0.05, 0.1) is 10.6 Å². The highest BCUT2D eigenvalue weighted by molar-refractivity contribution is 7.89. The van der Waals surface area contributed by atoms with Crippen LogP contribution in [0.25, 0.3) is 0 Å². The van der Waals surface area contributed by atoms with Gasteiger partial charge >= 0.3 is 0 Å². The summed E-state index contributed by atoms with van der Waals surface area (Å²) < 4.78 is 29.6. The maximum absolute atomic E-state index is 13.0. The van der Waals surface area contributed by atoms with Crippen LogP contribution in [0.5, 0.6) is 0 Å². The molecule has 0 atom stereocenters. The van der Waals surface area contributed by atoms with E-state index in [2.05, 4.69) is 37.7 Å². The number of benzene rings is 1. The standard InChI is InChI=1S/C21H32N4O2S/c1-16-20(17(2)23(6)22-16)15-24-11-13-25(14-12-24)28(26,27)19-9-7-18(8-10-19)21(3,4)5/h7-10H,11-15H2,1-6H3. The summed E-state index contributed by atoms with van der Waals surface area (Å²) in [5.41, 5.74) is 4.62. The van der Waals surface area contributed by atoms with Crippen LogP contribution in [0.3, 0.4) is 0 Å². The summed E-state index contributed by atoms with van der Waals surface area (Å²) in [6, 6.07) is 7.34. The number of hydrogen-bond donors (Lipinski definition) is 0. The molecule has 0 unspecified atom stereocenters. The summed E-state index contributed by atoms with van der Waals surface area (Å²) in [4.78, 5) is 2.69. The van der Waals surface area contributed by atoms with Crippen LogP contribution < -0.4 is 0 Å². The largest absolute Gasteiger partial charge is 0.296 e. The van der Waals surface area contributed by atoms with Gasteiger partial charge in [-0.2, -0.15) is 9.40 Å². The third-order valence-electron chi connectivity index (χ3n) is 5.73. The summed E-state index contributed by atoms with van der Waals surface area (Å²) in [6.45, 7) is 13.8. The minimum Gasteiger partial charge on any atom is -0.296 e. The van der Waals surface area contributed by atoms with Gasteiger partial charge in [0.1, 0.15) is 0 Å². The zero-order valence-electron chi connectivity index (χ0n) is 17.9. The van der Waals surface area contributed by atoms with Crippen molar-refractivity contribution >= 4 is 10.0 Å². The van der Waals surface area contributed by atoms with Crippen molar-refractivity contribution in [1.29, 1.82) is 0 Å². The topological polar surface area (TPSA) is 58.4 Å². The van der Waals surface area contributed by atoms with E-state index in [0.29, 0.717) is 18.0 Å². The summed E-state index contributed by atoms with van der Waals surface area (Å²) >= 11 is 0. The smallest absolute Gasteiger partial charge is 0.243 e. The van der Waals surface area contributed by atoms with Gasteiger partial charge in [0.2, 0.25) is 10.0 Å². The molecule has 0 bridgehead atoms. The zero-order chi connectivity index (χ0) is 20.7. The van der Waals surface area contributed by atoms with Crippen LogP contribution in [-0.2, 0) is 29.0 Å². The van der Waals surface area contributed by atoms with Crippen molar-refractivity contribution in [2.75, 3.05) is 26.2 Å². The fraction of sp³-hybridized carbons (Fsp3) is 0.571. The lowest BCUT2D eigenvalue weighted by atomic mass is 9.87. The van der Waals surface area contributed by atoms with Crippen LogP contribution in [0, 0.1) is 13.8 Å². The Labute approximate surface area is 169 Å². The van der Waals surface area contributed by atoms with E-state index in [1.54, 1.807) is 16.4 Å². The second kappa shape index (κ2) is 7.61. The van der Waals surface area contributed by atoms with Crippen molar-refractivity contribution < 1.29 is 8.42 Å². The van der Waals surface area contributed by atoms with Crippen LogP contribution in [0.15, 0.2) is 29.2 Å². The van der Waals surface area contributed by atoms with E-state index in [4.69, 9.17) is 0 Å². The third kappa shape index (κ3) is 4.16. The lowest BCUT2D eigenvalue weighted by molar-refractivity contribution is 0.181. The molecule has 1 aliphatic rings. The van der Waals surface area contributed by atoms with Gasteiger partial charge in [-0.05, 0) is 37.0 Å². The number of hydrogen-bond acceptors (Lipinski definition) is 4. The van der Waals surface area contributed by atoms with E-state index in [9.17, 15) is 8.42 Å². The first-order valence-electron chi connectivity index (χ1n) is 9.82. The molecule has 1 aromatic heterocycles. The lowest BCUT2D eigenvalue weighted by Crippen LogP contribution is -2.48. The molecule has 0 spiro atoms. The molecule has 6 nitrogen and oxygen atoms in total. The predicted octanol–water partition coefficient (Wildman–Crippen LogP) is 2.84. The number of aromatic nitrogens is 2. The molecule has 1 fully saturated rings. The Balaban J connectivity index is 1.66. The normalized spacial score (nSPS) is 17.2. The van der Waals surface area contributed by atoms with Gasteiger partial charge in [-0.15, -0.1) is 0 Å². The minimum absolute atomic E-state index is 0.0104. The van der Waals surface area contributed by atoms with Crippen molar-refractivity contribution in [3.8, 4) is 0 Å². The van der Waals surface area contributed by atoms with Crippen molar-refractivity contribution in [3.63, 3.8) is 0 Å². The van der Waals surface area contributed by atoms with Crippen LogP contribution in [0.1, 0.15) is 43.3 Å². The molecule has 1 aromatic carbocycles. The predicted molar refractivity (Wildman–Crippen MR) is 112 cm³/mol. The molecule has 1 saturated heterocycles. The molecule has 0 saturated carbocycles. The average Bonchev–Trinajstić information content (AvgIpc) is 2.88. The van der Waals surface area contributed by atoms with Gasteiger partial charge in [-0.25, -0.2) is 8.42 Å². The number of rotatable bonds is 4. The van der Waals surface area contributed by atoms with Crippen LogP contribution in [0.4, 0.5) is 0 Å². The maximum Gasteiger partial charge on any atom is 0.243 e. The summed E-state index contributed by atoms with van der Waals surface area (Å²) in [6.07, 6.45) is 0. The first kappa shape index (κ1) is 21.0. The highest BCUT2D eigenvalue weighted by atomic mass is 32.2. The van der Waals surface area contributed by atoms with E-state index in [0.717, 1.165) is 30.9 Å². The van der Waals surface area contributed by atoms with E-state index < -0.39 is 10.0 Å². The Morgan fingerprint density at radius 1 is 1.00 bits per heavy atom. The number of sulfonamides is 1. The quantitative estimate of drug-likeness (QED) is 0.786. The molecule has 3 rings (SSSR count). The van der Waals surface area contributed by atoms with E-state index >= 15 is 0 Å². The van der Waals surface area contributed by atoms with Crippen LogP contribution in [0.2, 0.25) is 0 Å². The molecule has 0 amide bonds. The van der Waals surface area contributed by atoms with Crippen LogP contribution >= 0.6 is 0 Å². The molecule has 0 radical (unpaired) electrons. The number of nitrogens with zero attached hydrogens (tertiary/aromatic N) is 4. The van der Waals surface area contributed by atoms with Crippen molar-refractivity contribution in [1.82, 2.24) is 19.0 Å². The van der Waals surface area contributed by atoms with Gasteiger partial charge in [0, 0.05) is 51.0 Å². The van der Waals surface area contributed by atoms with E-state index in [1.807, 2.05) is 30.8 Å². The Morgan fingerprint density at radius 2 is 1.57 bits per heavy atom. The molecular formula is C21H32N4O2S. The summed E-state index contributed by atoms with van der Waals surface area (Å²) in [5, 5.41) is 4.48. The minimum atomic E-state index is -3.44. The highest BCUT2D eigenvalue weighted by Crippen LogP contribution is 2.25. The molecule has 0 aliphatic carbocycles. The lowest BCUT2D eigenvalue weighted by Gasteiger charge is -2.34. The molecule has 1 aliphatic heterocycles. The summed E-state index contributed by atoms with van der Waals surface area (Å²) in [7, 11) is -1.48. The maximum atomic E-state index is 13.0. The molecular weight excluding hydrogens is 372 g/mol. The average molecular weight is 405 g/mol. The van der Waals surface area contributed by atoms with Crippen molar-refractivity contribution in [2.24, 2.45) is 7.05 Å². The Morgan fingerprint density at radius 3 is 2.04 bits per heavy atom. The first-order chi connectivity index (χ1) is 13.0. The van der Waals surface area contributed by atoms with E-state index in [1.165, 1.54) is 11.3 Å². The highest BCUT2D eigenvalue weighted by Gasteiger charge is 2.29. The van der Waals surface area contributed by atoms with Gasteiger partial charge in [-0.3, -0.25) is 9.58 Å². The summed E-state index contributed by atoms with van der Waals surface area (Å²) in [5.74, 6) is 0. The third-order valence-corrected chi connectivity index (χ3v) is 7.64. The monoisotopic (exact) mass is 404 g/mol. The molecule has 7 heteroatoms. The molecule has 2 aromatic rings. The number of aryl methyl sites for hydroxylation is 2. The first-order valence-corrected chi connectivity index (χ1v) is 11.3. The SMILES string of the molecule is Cc1nn(C)c(C)c1CN1CCN(S(=O)(=O)c2ccc(C(C)(C)C)cc2)CC1. The van der Waals surface area contributed by atoms with Crippen molar-refractivity contribution in [2.45, 2.75) is 51.5 Å². The van der Waals surface area contributed by atoms with Gasteiger partial charge < -0.3 is 0 Å². The Bertz CT molecular complexity index is 932. The second-order valence-electron chi connectivity index (χ2n) is 8.73. The Kier molecular flexibility index (Phi) is 5.71. The molecule has 2 heterocycles. The molecule has 28 heavy (non-hydrogen) atoms. The Hall–Kier alpha value is -1.70. The fourth-order valence-corrected chi connectivity index (χ4v) is 5.10. The van der Waals surface area contributed by atoms with E-state index in [-0.39, 0.29) is 5.41 Å². The molecule has 0 N–H and O–H groups in total. The van der Waals surface area contributed by atoms with Crippen molar-refractivity contribution in [3.05, 3.63) is 46.8 Å². The van der Waals surface area contributed by atoms with Gasteiger partial charge in [-0.1, -0.05) is 32.9 Å². The second-order valence-corrected chi connectivity index (χ2v) is 10.7. The number of piperazine rings is 1. The van der Waals surface area contributed by atoms with Crippen LogP contribution in [-0.4, -0.2) is 53.6 Å². The van der Waals surface area contributed by atoms with Gasteiger partial charge in [0.25, 0.3) is 0 Å². The van der Waals surface area contributed by atoms with Gasteiger partial charge in [0.15, 0.2) is 0 Å².